The number of aromatic hydroxyl groups is 2. The Balaban J connectivity index is 1.90. The minimum absolute atomic E-state index is 0.172. The second kappa shape index (κ2) is 11.0. The SMILES string of the molecule is O=C(N/N=C\c1cc([N+](=O)[O-])cc([N+](=O)[O-])c1O)/C(=C/c1ccccc1O)NC(=O)c1ccccc1. The number of carbonyl (C=O) groups excluding carboxylic acids is 2. The molecule has 182 valence electrons. The van der Waals surface area contributed by atoms with Crippen molar-refractivity contribution in [3.63, 3.8) is 0 Å². The maximum absolute atomic E-state index is 12.8. The van der Waals surface area contributed by atoms with Gasteiger partial charge in [0.2, 0.25) is 5.75 Å². The minimum Gasteiger partial charge on any atom is -0.507 e. The van der Waals surface area contributed by atoms with Crippen LogP contribution in [0.2, 0.25) is 0 Å². The summed E-state index contributed by atoms with van der Waals surface area (Å²) in [7, 11) is 0. The van der Waals surface area contributed by atoms with Gasteiger partial charge in [0, 0.05) is 17.2 Å². The monoisotopic (exact) mass is 491 g/mol. The third-order valence-electron chi connectivity index (χ3n) is 4.65. The van der Waals surface area contributed by atoms with Crippen LogP contribution in [0.5, 0.6) is 11.5 Å². The number of nitrogens with zero attached hydrogens (tertiary/aromatic N) is 3. The highest BCUT2D eigenvalue weighted by Gasteiger charge is 2.23. The number of hydrogen-bond donors (Lipinski definition) is 4. The van der Waals surface area contributed by atoms with E-state index in [4.69, 9.17) is 0 Å². The molecule has 0 atom stereocenters. The fourth-order valence-corrected chi connectivity index (χ4v) is 2.90. The Hall–Kier alpha value is -5.59. The first-order chi connectivity index (χ1) is 17.2. The van der Waals surface area contributed by atoms with Gasteiger partial charge in [-0.05, 0) is 24.3 Å². The predicted octanol–water partition coefficient (Wildman–Crippen LogP) is 2.84. The topological polar surface area (TPSA) is 197 Å². The lowest BCUT2D eigenvalue weighted by Gasteiger charge is -2.10. The molecule has 36 heavy (non-hydrogen) atoms. The Bertz CT molecular complexity index is 1400. The van der Waals surface area contributed by atoms with Crippen molar-refractivity contribution in [2.24, 2.45) is 5.10 Å². The standard InChI is InChI=1S/C23H17N5O8/c29-20-9-5-4-8-15(20)11-18(25-22(31)14-6-2-1-3-7-14)23(32)26-24-13-16-10-17(27(33)34)12-19(21(16)30)28(35)36/h1-13,29-30H,(H,25,31)(H,26,32)/b18-11-,24-13-. The lowest BCUT2D eigenvalue weighted by Crippen LogP contribution is -2.32. The number of hydrogen-bond acceptors (Lipinski definition) is 9. The number of para-hydroxylation sites is 1. The number of rotatable bonds is 8. The Kier molecular flexibility index (Phi) is 7.67. The molecule has 4 N–H and O–H groups in total. The van der Waals surface area contributed by atoms with Crippen LogP contribution in [0, 0.1) is 20.2 Å². The van der Waals surface area contributed by atoms with Crippen LogP contribution >= 0.6 is 0 Å². The van der Waals surface area contributed by atoms with Crippen LogP contribution in [0.1, 0.15) is 21.5 Å². The van der Waals surface area contributed by atoms with Crippen molar-refractivity contribution in [2.75, 3.05) is 0 Å². The van der Waals surface area contributed by atoms with Gasteiger partial charge in [0.05, 0.1) is 27.7 Å². The van der Waals surface area contributed by atoms with Crippen LogP contribution in [0.3, 0.4) is 0 Å². The van der Waals surface area contributed by atoms with E-state index in [2.05, 4.69) is 15.8 Å². The van der Waals surface area contributed by atoms with E-state index in [-0.39, 0.29) is 22.6 Å². The molecule has 13 nitrogen and oxygen atoms in total. The van der Waals surface area contributed by atoms with E-state index in [0.717, 1.165) is 12.3 Å². The van der Waals surface area contributed by atoms with Crippen molar-refractivity contribution in [2.45, 2.75) is 0 Å². The molecule has 0 aliphatic carbocycles. The number of phenolic OH excluding ortho intramolecular Hbond substituents is 2. The normalized spacial score (nSPS) is 11.2. The maximum Gasteiger partial charge on any atom is 0.318 e. The second-order valence-corrected chi connectivity index (χ2v) is 7.05. The number of hydrazone groups is 1. The van der Waals surface area contributed by atoms with Gasteiger partial charge in [0.1, 0.15) is 11.4 Å². The zero-order chi connectivity index (χ0) is 26.2. The fourth-order valence-electron chi connectivity index (χ4n) is 2.90. The minimum atomic E-state index is -1.01. The van der Waals surface area contributed by atoms with Gasteiger partial charge in [0.25, 0.3) is 17.5 Å². The van der Waals surface area contributed by atoms with Crippen molar-refractivity contribution in [1.29, 1.82) is 0 Å². The van der Waals surface area contributed by atoms with Gasteiger partial charge in [-0.2, -0.15) is 5.10 Å². The summed E-state index contributed by atoms with van der Waals surface area (Å²) in [5, 5.41) is 48.2. The molecule has 0 heterocycles. The summed E-state index contributed by atoms with van der Waals surface area (Å²) < 4.78 is 0. The van der Waals surface area contributed by atoms with Crippen LogP contribution in [-0.4, -0.2) is 38.1 Å². The average Bonchev–Trinajstić information content (AvgIpc) is 2.85. The van der Waals surface area contributed by atoms with E-state index >= 15 is 0 Å². The number of amides is 2. The van der Waals surface area contributed by atoms with Crippen LogP contribution in [0.4, 0.5) is 11.4 Å². The van der Waals surface area contributed by atoms with Crippen LogP contribution in [0.15, 0.2) is 77.5 Å². The first-order valence-electron chi connectivity index (χ1n) is 10.0. The molecule has 0 fully saturated rings. The number of carbonyl (C=O) groups is 2. The molecular formula is C23H17N5O8. The van der Waals surface area contributed by atoms with E-state index in [1.807, 2.05) is 0 Å². The summed E-state index contributed by atoms with van der Waals surface area (Å²) in [5.41, 5.74) is 0.179. The van der Waals surface area contributed by atoms with E-state index in [0.29, 0.717) is 6.07 Å². The number of phenols is 2. The lowest BCUT2D eigenvalue weighted by atomic mass is 10.1. The molecule has 0 spiro atoms. The van der Waals surface area contributed by atoms with Crippen molar-refractivity contribution in [1.82, 2.24) is 10.7 Å². The summed E-state index contributed by atoms with van der Waals surface area (Å²) >= 11 is 0. The highest BCUT2D eigenvalue weighted by Crippen LogP contribution is 2.33. The lowest BCUT2D eigenvalue weighted by molar-refractivity contribution is -0.394. The van der Waals surface area contributed by atoms with Crippen molar-refractivity contribution >= 4 is 35.5 Å². The van der Waals surface area contributed by atoms with E-state index in [9.17, 15) is 40.0 Å². The highest BCUT2D eigenvalue weighted by atomic mass is 16.6. The van der Waals surface area contributed by atoms with Crippen LogP contribution in [-0.2, 0) is 4.79 Å². The van der Waals surface area contributed by atoms with Gasteiger partial charge in [-0.15, -0.1) is 0 Å². The molecular weight excluding hydrogens is 474 g/mol. The smallest absolute Gasteiger partial charge is 0.318 e. The molecule has 2 amide bonds. The molecule has 3 rings (SSSR count). The molecule has 3 aromatic rings. The number of nitro benzene ring substituents is 2. The first-order valence-corrected chi connectivity index (χ1v) is 10.0. The van der Waals surface area contributed by atoms with Crippen molar-refractivity contribution in [3.8, 4) is 11.5 Å². The first kappa shape index (κ1) is 25.0. The molecule has 0 saturated carbocycles. The third kappa shape index (κ3) is 6.05. The summed E-state index contributed by atoms with van der Waals surface area (Å²) in [5.74, 6) is -2.67. The van der Waals surface area contributed by atoms with Gasteiger partial charge in [-0.3, -0.25) is 29.8 Å². The summed E-state index contributed by atoms with van der Waals surface area (Å²) in [6.07, 6.45) is 1.96. The Morgan fingerprint density at radius 1 is 0.889 bits per heavy atom. The third-order valence-corrected chi connectivity index (χ3v) is 4.65. The zero-order valence-electron chi connectivity index (χ0n) is 18.2. The van der Waals surface area contributed by atoms with E-state index in [1.54, 1.807) is 30.3 Å². The molecule has 13 heteroatoms. The molecule has 0 saturated heterocycles. The Morgan fingerprint density at radius 2 is 1.56 bits per heavy atom. The van der Waals surface area contributed by atoms with Gasteiger partial charge >= 0.3 is 5.69 Å². The van der Waals surface area contributed by atoms with Gasteiger partial charge < -0.3 is 15.5 Å². The summed E-state index contributed by atoms with van der Waals surface area (Å²) in [6.45, 7) is 0. The average molecular weight is 491 g/mol. The maximum atomic E-state index is 12.8. The van der Waals surface area contributed by atoms with Crippen molar-refractivity contribution < 1.29 is 29.6 Å². The molecule has 3 aromatic carbocycles. The molecule has 0 aromatic heterocycles. The summed E-state index contributed by atoms with van der Waals surface area (Å²) in [6, 6.07) is 15.4. The zero-order valence-corrected chi connectivity index (χ0v) is 18.2. The predicted molar refractivity (Wildman–Crippen MR) is 127 cm³/mol. The van der Waals surface area contributed by atoms with E-state index in [1.165, 1.54) is 30.3 Å². The Morgan fingerprint density at radius 3 is 2.19 bits per heavy atom. The van der Waals surface area contributed by atoms with Gasteiger partial charge in [-0.25, -0.2) is 5.43 Å². The number of non-ortho nitro benzene ring substituents is 1. The second-order valence-electron chi connectivity index (χ2n) is 7.05. The molecule has 0 radical (unpaired) electrons. The molecule has 0 aliphatic rings. The Labute approximate surface area is 202 Å². The van der Waals surface area contributed by atoms with Gasteiger partial charge in [0.15, 0.2) is 0 Å². The fraction of sp³-hybridized carbons (Fsp3) is 0. The quantitative estimate of drug-likeness (QED) is 0.160. The largest absolute Gasteiger partial charge is 0.507 e. The van der Waals surface area contributed by atoms with Crippen molar-refractivity contribution in [3.05, 3.63) is 109 Å². The number of nitrogens with one attached hydrogen (secondary N) is 2. The number of benzene rings is 3. The molecule has 0 aliphatic heterocycles. The van der Waals surface area contributed by atoms with E-state index < -0.39 is 44.3 Å². The highest BCUT2D eigenvalue weighted by molar-refractivity contribution is 6.05. The number of nitro groups is 2. The van der Waals surface area contributed by atoms with Crippen LogP contribution in [0.25, 0.3) is 6.08 Å². The molecule has 0 bridgehead atoms. The summed E-state index contributed by atoms with van der Waals surface area (Å²) in [4.78, 5) is 45.6. The molecule has 0 unspecified atom stereocenters. The van der Waals surface area contributed by atoms with Gasteiger partial charge in [-0.1, -0.05) is 36.4 Å². The van der Waals surface area contributed by atoms with Crippen LogP contribution < -0.4 is 10.7 Å².